The van der Waals surface area contributed by atoms with Gasteiger partial charge in [0.05, 0.1) is 6.54 Å². The lowest BCUT2D eigenvalue weighted by atomic mass is 10.1. The van der Waals surface area contributed by atoms with Crippen molar-refractivity contribution in [2.24, 2.45) is 4.99 Å². The lowest BCUT2D eigenvalue weighted by Gasteiger charge is -2.16. The maximum atomic E-state index is 12.3. The fraction of sp³-hybridized carbons (Fsp3) is 0.350. The number of fused-ring (bicyclic) bond motifs is 1. The fourth-order valence-corrected chi connectivity index (χ4v) is 2.90. The van der Waals surface area contributed by atoms with Crippen molar-refractivity contribution < 1.29 is 22.6 Å². The summed E-state index contributed by atoms with van der Waals surface area (Å²) >= 11 is 0. The molecule has 0 bridgehead atoms. The van der Waals surface area contributed by atoms with Crippen LogP contribution in [-0.4, -0.2) is 38.4 Å². The van der Waals surface area contributed by atoms with Gasteiger partial charge in [0.15, 0.2) is 12.6 Å². The smallest absolute Gasteiger partial charge is 0.422 e. The van der Waals surface area contributed by atoms with Gasteiger partial charge in [-0.1, -0.05) is 30.3 Å². The van der Waals surface area contributed by atoms with Crippen molar-refractivity contribution in [3.8, 4) is 11.5 Å². The van der Waals surface area contributed by atoms with E-state index in [1.807, 2.05) is 18.2 Å². The maximum absolute atomic E-state index is 12.3. The van der Waals surface area contributed by atoms with Crippen LogP contribution >= 0.6 is 24.0 Å². The lowest BCUT2D eigenvalue weighted by Crippen LogP contribution is -2.41. The molecule has 0 saturated carbocycles. The monoisotopic (exact) mass is 521 g/mol. The van der Waals surface area contributed by atoms with Gasteiger partial charge in [-0.3, -0.25) is 4.99 Å². The summed E-state index contributed by atoms with van der Waals surface area (Å²) < 4.78 is 47.5. The van der Waals surface area contributed by atoms with Crippen LogP contribution in [0.1, 0.15) is 11.1 Å². The van der Waals surface area contributed by atoms with Crippen molar-refractivity contribution >= 4 is 29.9 Å². The number of ether oxygens (including phenoxy) is 2. The maximum Gasteiger partial charge on any atom is 0.422 e. The number of rotatable bonds is 6. The van der Waals surface area contributed by atoms with E-state index >= 15 is 0 Å². The Labute approximate surface area is 184 Å². The molecule has 0 spiro atoms. The Kier molecular flexibility index (Phi) is 8.42. The highest BCUT2D eigenvalue weighted by Gasteiger charge is 2.28. The molecule has 1 heterocycles. The molecule has 5 nitrogen and oxygen atoms in total. The van der Waals surface area contributed by atoms with Gasteiger partial charge in [0.25, 0.3) is 0 Å². The van der Waals surface area contributed by atoms with Gasteiger partial charge >= 0.3 is 6.18 Å². The Balaban J connectivity index is 0.00000300. The number of aliphatic imine (C=N–C) groups is 1. The molecule has 0 radical (unpaired) electrons. The Morgan fingerprint density at radius 2 is 1.97 bits per heavy atom. The molecule has 0 amide bonds. The molecule has 2 aromatic rings. The molecule has 1 aliphatic heterocycles. The minimum absolute atomic E-state index is 0. The van der Waals surface area contributed by atoms with Gasteiger partial charge in [-0.15, -0.1) is 24.0 Å². The number of halogens is 4. The van der Waals surface area contributed by atoms with E-state index in [9.17, 15) is 13.2 Å². The van der Waals surface area contributed by atoms with Crippen LogP contribution in [0.15, 0.2) is 53.5 Å². The molecule has 0 aliphatic carbocycles. The number of hydrogen-bond acceptors (Lipinski definition) is 3. The first-order chi connectivity index (χ1) is 13.4. The van der Waals surface area contributed by atoms with Gasteiger partial charge in [0, 0.05) is 20.0 Å². The molecule has 2 N–H and O–H groups in total. The SMILES string of the molecule is CN=C(NCc1cccc(OCC(F)(F)F)c1)NCC1Cc2ccccc2O1.I. The van der Waals surface area contributed by atoms with Crippen molar-refractivity contribution in [2.75, 3.05) is 20.2 Å². The highest BCUT2D eigenvalue weighted by atomic mass is 127. The molecule has 3 rings (SSSR count). The number of nitrogens with zero attached hydrogens (tertiary/aromatic N) is 1. The zero-order valence-corrected chi connectivity index (χ0v) is 18.2. The van der Waals surface area contributed by atoms with E-state index in [0.29, 0.717) is 19.0 Å². The largest absolute Gasteiger partial charge is 0.488 e. The normalized spacial score (nSPS) is 15.7. The second-order valence-electron chi connectivity index (χ2n) is 6.41. The van der Waals surface area contributed by atoms with Gasteiger partial charge in [0.2, 0.25) is 0 Å². The molecular formula is C20H23F3IN3O2. The van der Waals surface area contributed by atoms with E-state index in [1.165, 1.54) is 11.6 Å². The van der Waals surface area contributed by atoms with Gasteiger partial charge < -0.3 is 20.1 Å². The number of guanidine groups is 1. The van der Waals surface area contributed by atoms with Crippen molar-refractivity contribution in [1.29, 1.82) is 0 Å². The highest BCUT2D eigenvalue weighted by Crippen LogP contribution is 2.27. The molecule has 158 valence electrons. The molecule has 0 fully saturated rings. The van der Waals surface area contributed by atoms with E-state index in [2.05, 4.69) is 21.7 Å². The van der Waals surface area contributed by atoms with Gasteiger partial charge in [-0.2, -0.15) is 13.2 Å². The minimum Gasteiger partial charge on any atom is -0.488 e. The number of nitrogens with one attached hydrogen (secondary N) is 2. The van der Waals surface area contributed by atoms with Crippen LogP contribution in [0.3, 0.4) is 0 Å². The molecule has 1 atom stereocenters. The Morgan fingerprint density at radius 3 is 2.69 bits per heavy atom. The third kappa shape index (κ3) is 7.30. The summed E-state index contributed by atoms with van der Waals surface area (Å²) in [4.78, 5) is 4.16. The number of benzene rings is 2. The molecule has 1 aliphatic rings. The van der Waals surface area contributed by atoms with E-state index in [4.69, 9.17) is 9.47 Å². The van der Waals surface area contributed by atoms with Crippen LogP contribution in [0.25, 0.3) is 0 Å². The highest BCUT2D eigenvalue weighted by molar-refractivity contribution is 14.0. The summed E-state index contributed by atoms with van der Waals surface area (Å²) in [6.07, 6.45) is -3.50. The van der Waals surface area contributed by atoms with Crippen LogP contribution in [0.2, 0.25) is 0 Å². The summed E-state index contributed by atoms with van der Waals surface area (Å²) in [7, 11) is 1.66. The second kappa shape index (κ2) is 10.6. The first-order valence-corrected chi connectivity index (χ1v) is 8.90. The van der Waals surface area contributed by atoms with Crippen molar-refractivity contribution in [1.82, 2.24) is 10.6 Å². The third-order valence-electron chi connectivity index (χ3n) is 4.20. The van der Waals surface area contributed by atoms with Gasteiger partial charge in [-0.25, -0.2) is 0 Å². The summed E-state index contributed by atoms with van der Waals surface area (Å²) in [5.74, 6) is 1.67. The van der Waals surface area contributed by atoms with Crippen LogP contribution in [0.4, 0.5) is 13.2 Å². The molecule has 1 unspecified atom stereocenters. The van der Waals surface area contributed by atoms with Crippen molar-refractivity contribution in [3.05, 3.63) is 59.7 Å². The summed E-state index contributed by atoms with van der Waals surface area (Å²) in [5, 5.41) is 6.35. The predicted octanol–water partition coefficient (Wildman–Crippen LogP) is 3.91. The van der Waals surface area contributed by atoms with E-state index in [0.717, 1.165) is 17.7 Å². The van der Waals surface area contributed by atoms with Crippen LogP contribution in [0, 0.1) is 0 Å². The molecule has 0 aromatic heterocycles. The summed E-state index contributed by atoms with van der Waals surface area (Å²) in [6, 6.07) is 14.5. The van der Waals surface area contributed by atoms with Crippen LogP contribution in [0.5, 0.6) is 11.5 Å². The number of hydrogen-bond donors (Lipinski definition) is 2. The molecule has 29 heavy (non-hydrogen) atoms. The average Bonchev–Trinajstić information content (AvgIpc) is 3.09. The average molecular weight is 521 g/mol. The summed E-state index contributed by atoms with van der Waals surface area (Å²) in [5.41, 5.74) is 1.97. The van der Waals surface area contributed by atoms with Crippen molar-refractivity contribution in [3.63, 3.8) is 0 Å². The fourth-order valence-electron chi connectivity index (χ4n) is 2.90. The molecule has 0 saturated heterocycles. The minimum atomic E-state index is -4.36. The number of alkyl halides is 3. The first-order valence-electron chi connectivity index (χ1n) is 8.90. The Bertz CT molecular complexity index is 806. The van der Waals surface area contributed by atoms with Gasteiger partial charge in [0.1, 0.15) is 17.6 Å². The standard InChI is InChI=1S/C20H22F3N3O2.HI/c1-24-19(26-12-17-10-15-6-2-3-8-18(15)28-17)25-11-14-5-4-7-16(9-14)27-13-20(21,22)23;/h2-9,17H,10-13H2,1H3,(H2,24,25,26);1H. The number of para-hydroxylation sites is 1. The summed E-state index contributed by atoms with van der Waals surface area (Å²) in [6.45, 7) is -0.325. The van der Waals surface area contributed by atoms with E-state index in [1.54, 1.807) is 25.2 Å². The molecule has 2 aromatic carbocycles. The Hall–Kier alpha value is -2.17. The van der Waals surface area contributed by atoms with E-state index in [-0.39, 0.29) is 35.8 Å². The molecule has 9 heteroatoms. The van der Waals surface area contributed by atoms with Crippen LogP contribution < -0.4 is 20.1 Å². The third-order valence-corrected chi connectivity index (χ3v) is 4.20. The second-order valence-corrected chi connectivity index (χ2v) is 6.41. The van der Waals surface area contributed by atoms with E-state index < -0.39 is 12.8 Å². The molecular weight excluding hydrogens is 498 g/mol. The van der Waals surface area contributed by atoms with Gasteiger partial charge in [-0.05, 0) is 29.3 Å². The predicted molar refractivity (Wildman–Crippen MR) is 116 cm³/mol. The quantitative estimate of drug-likeness (QED) is 0.344. The zero-order valence-electron chi connectivity index (χ0n) is 15.8. The van der Waals surface area contributed by atoms with Crippen LogP contribution in [-0.2, 0) is 13.0 Å². The first kappa shape index (κ1) is 23.1. The lowest BCUT2D eigenvalue weighted by molar-refractivity contribution is -0.153. The van der Waals surface area contributed by atoms with Crippen molar-refractivity contribution in [2.45, 2.75) is 25.2 Å². The Morgan fingerprint density at radius 1 is 1.17 bits per heavy atom. The zero-order chi connectivity index (χ0) is 20.0. The topological polar surface area (TPSA) is 54.9 Å².